The van der Waals surface area contributed by atoms with E-state index in [0.717, 1.165) is 17.4 Å². The Kier molecular flexibility index (Phi) is 5.47. The van der Waals surface area contributed by atoms with Gasteiger partial charge in [0, 0.05) is 26.2 Å². The SMILES string of the molecule is CC1CN(C(=O)CSC(=S)N2CCCC2)CC(C)O1. The van der Waals surface area contributed by atoms with Crippen LogP contribution < -0.4 is 0 Å². The van der Waals surface area contributed by atoms with Crippen LogP contribution in [0.2, 0.25) is 0 Å². The minimum atomic E-state index is 0.128. The van der Waals surface area contributed by atoms with Gasteiger partial charge in [-0.15, -0.1) is 0 Å². The highest BCUT2D eigenvalue weighted by Gasteiger charge is 2.26. The zero-order valence-corrected chi connectivity index (χ0v) is 13.3. The second-order valence-corrected chi connectivity index (χ2v) is 6.91. The molecule has 2 aliphatic rings. The number of amides is 1. The van der Waals surface area contributed by atoms with Gasteiger partial charge in [-0.25, -0.2) is 0 Å². The van der Waals surface area contributed by atoms with Gasteiger partial charge in [0.2, 0.25) is 5.91 Å². The molecule has 0 aromatic rings. The summed E-state index contributed by atoms with van der Waals surface area (Å²) in [5.41, 5.74) is 0. The molecule has 0 radical (unpaired) electrons. The normalized spacial score (nSPS) is 27.7. The van der Waals surface area contributed by atoms with Crippen molar-refractivity contribution in [3.05, 3.63) is 0 Å². The number of ether oxygens (including phenoxy) is 1. The largest absolute Gasteiger partial charge is 0.372 e. The maximum absolute atomic E-state index is 12.2. The van der Waals surface area contributed by atoms with Crippen LogP contribution in [0.1, 0.15) is 26.7 Å². The number of hydrogen-bond donors (Lipinski definition) is 0. The average molecular weight is 302 g/mol. The van der Waals surface area contributed by atoms with E-state index < -0.39 is 0 Å². The first-order valence-electron chi connectivity index (χ1n) is 6.91. The maximum Gasteiger partial charge on any atom is 0.233 e. The maximum atomic E-state index is 12.2. The molecule has 2 saturated heterocycles. The molecule has 0 bridgehead atoms. The number of thiocarbonyl (C=S) groups is 1. The van der Waals surface area contributed by atoms with E-state index in [-0.39, 0.29) is 18.1 Å². The first-order valence-corrected chi connectivity index (χ1v) is 8.30. The van der Waals surface area contributed by atoms with Crippen LogP contribution in [-0.4, -0.2) is 64.2 Å². The summed E-state index contributed by atoms with van der Waals surface area (Å²) >= 11 is 6.88. The first kappa shape index (κ1) is 15.1. The molecule has 0 spiro atoms. The van der Waals surface area contributed by atoms with Crippen molar-refractivity contribution in [2.24, 2.45) is 0 Å². The Labute approximate surface area is 124 Å². The molecule has 0 saturated carbocycles. The van der Waals surface area contributed by atoms with Gasteiger partial charge >= 0.3 is 0 Å². The Morgan fingerprint density at radius 2 is 1.79 bits per heavy atom. The first-order chi connectivity index (χ1) is 9.06. The van der Waals surface area contributed by atoms with Crippen LogP contribution in [0.25, 0.3) is 0 Å². The summed E-state index contributed by atoms with van der Waals surface area (Å²) in [4.78, 5) is 16.3. The van der Waals surface area contributed by atoms with Crippen molar-refractivity contribution >= 4 is 34.2 Å². The van der Waals surface area contributed by atoms with Gasteiger partial charge in [-0.1, -0.05) is 24.0 Å². The quantitative estimate of drug-likeness (QED) is 0.726. The summed E-state index contributed by atoms with van der Waals surface area (Å²) < 4.78 is 6.51. The summed E-state index contributed by atoms with van der Waals surface area (Å²) in [6, 6.07) is 0. The Bertz CT molecular complexity index is 336. The lowest BCUT2D eigenvalue weighted by molar-refractivity contribution is -0.140. The molecule has 0 aromatic heterocycles. The molecule has 2 unspecified atom stereocenters. The molecule has 6 heteroatoms. The molecule has 4 nitrogen and oxygen atoms in total. The number of hydrogen-bond acceptors (Lipinski definition) is 4. The fourth-order valence-corrected chi connectivity index (χ4v) is 3.74. The number of likely N-dealkylation sites (tertiary alicyclic amines) is 1. The molecule has 0 aromatic carbocycles. The summed E-state index contributed by atoms with van der Waals surface area (Å²) in [6.07, 6.45) is 2.69. The van der Waals surface area contributed by atoms with Crippen molar-refractivity contribution in [2.45, 2.75) is 38.9 Å². The molecule has 2 aliphatic heterocycles. The summed E-state index contributed by atoms with van der Waals surface area (Å²) in [7, 11) is 0. The monoisotopic (exact) mass is 302 g/mol. The Morgan fingerprint density at radius 1 is 1.21 bits per heavy atom. The van der Waals surface area contributed by atoms with Crippen molar-refractivity contribution in [1.29, 1.82) is 0 Å². The van der Waals surface area contributed by atoms with Crippen LogP contribution in [0.15, 0.2) is 0 Å². The number of morpholine rings is 1. The minimum absolute atomic E-state index is 0.128. The van der Waals surface area contributed by atoms with E-state index in [4.69, 9.17) is 17.0 Å². The van der Waals surface area contributed by atoms with Gasteiger partial charge in [-0.3, -0.25) is 4.79 Å². The fourth-order valence-electron chi connectivity index (χ4n) is 2.59. The zero-order chi connectivity index (χ0) is 13.8. The minimum Gasteiger partial charge on any atom is -0.372 e. The predicted molar refractivity (Wildman–Crippen MR) is 82.5 cm³/mol. The van der Waals surface area contributed by atoms with Crippen LogP contribution in [0.4, 0.5) is 0 Å². The summed E-state index contributed by atoms with van der Waals surface area (Å²) in [5, 5.41) is 0. The third-order valence-corrected chi connectivity index (χ3v) is 4.96. The topological polar surface area (TPSA) is 32.8 Å². The number of carbonyl (C=O) groups is 1. The number of nitrogens with zero attached hydrogens (tertiary/aromatic N) is 2. The molecule has 0 aliphatic carbocycles. The second kappa shape index (κ2) is 6.90. The lowest BCUT2D eigenvalue weighted by Gasteiger charge is -2.35. The third kappa shape index (κ3) is 4.33. The van der Waals surface area contributed by atoms with E-state index in [1.807, 2.05) is 18.7 Å². The van der Waals surface area contributed by atoms with E-state index in [1.165, 1.54) is 24.6 Å². The average Bonchev–Trinajstić information content (AvgIpc) is 2.88. The molecule has 19 heavy (non-hydrogen) atoms. The molecule has 108 valence electrons. The molecule has 2 fully saturated rings. The lowest BCUT2D eigenvalue weighted by Crippen LogP contribution is -2.49. The highest BCUT2D eigenvalue weighted by atomic mass is 32.2. The smallest absolute Gasteiger partial charge is 0.233 e. The zero-order valence-electron chi connectivity index (χ0n) is 11.6. The third-order valence-electron chi connectivity index (χ3n) is 3.46. The van der Waals surface area contributed by atoms with Crippen molar-refractivity contribution in [2.75, 3.05) is 31.9 Å². The van der Waals surface area contributed by atoms with Crippen molar-refractivity contribution in [3.63, 3.8) is 0 Å². The van der Waals surface area contributed by atoms with Crippen LogP contribution in [0.3, 0.4) is 0 Å². The van der Waals surface area contributed by atoms with Crippen molar-refractivity contribution < 1.29 is 9.53 Å². The molecule has 2 heterocycles. The van der Waals surface area contributed by atoms with Gasteiger partial charge in [-0.2, -0.15) is 0 Å². The molecular weight excluding hydrogens is 280 g/mol. The highest BCUT2D eigenvalue weighted by Crippen LogP contribution is 2.18. The standard InChI is InChI=1S/C13H22N2O2S2/c1-10-7-15(8-11(2)17-10)12(16)9-19-13(18)14-5-3-4-6-14/h10-11H,3-9H2,1-2H3. The second-order valence-electron chi connectivity index (χ2n) is 5.30. The fraction of sp³-hybridized carbons (Fsp3) is 0.846. The highest BCUT2D eigenvalue weighted by molar-refractivity contribution is 8.23. The molecule has 1 amide bonds. The van der Waals surface area contributed by atoms with Gasteiger partial charge in [0.1, 0.15) is 4.32 Å². The Hall–Kier alpha value is -0.330. The van der Waals surface area contributed by atoms with Gasteiger partial charge < -0.3 is 14.5 Å². The van der Waals surface area contributed by atoms with E-state index >= 15 is 0 Å². The lowest BCUT2D eigenvalue weighted by atomic mass is 10.2. The van der Waals surface area contributed by atoms with Gasteiger partial charge in [0.25, 0.3) is 0 Å². The molecule has 2 rings (SSSR count). The van der Waals surface area contributed by atoms with Gasteiger partial charge in [0.05, 0.1) is 18.0 Å². The van der Waals surface area contributed by atoms with E-state index in [1.54, 1.807) is 0 Å². The predicted octanol–water partition coefficient (Wildman–Crippen LogP) is 1.74. The molecule has 0 N–H and O–H groups in total. The van der Waals surface area contributed by atoms with E-state index in [0.29, 0.717) is 18.8 Å². The summed E-state index contributed by atoms with van der Waals surface area (Å²) in [6.45, 7) is 7.51. The van der Waals surface area contributed by atoms with Crippen molar-refractivity contribution in [1.82, 2.24) is 9.80 Å². The van der Waals surface area contributed by atoms with E-state index in [2.05, 4.69) is 4.90 Å². The Morgan fingerprint density at radius 3 is 2.37 bits per heavy atom. The number of carbonyl (C=O) groups excluding carboxylic acids is 1. The van der Waals surface area contributed by atoms with E-state index in [9.17, 15) is 4.79 Å². The van der Waals surface area contributed by atoms with Gasteiger partial charge in [-0.05, 0) is 26.7 Å². The van der Waals surface area contributed by atoms with Crippen LogP contribution in [0, 0.1) is 0 Å². The molecular formula is C13H22N2O2S2. The molecule has 2 atom stereocenters. The Balaban J connectivity index is 1.75. The van der Waals surface area contributed by atoms with Crippen molar-refractivity contribution in [3.8, 4) is 0 Å². The van der Waals surface area contributed by atoms with Crippen LogP contribution in [0.5, 0.6) is 0 Å². The van der Waals surface area contributed by atoms with Crippen LogP contribution in [-0.2, 0) is 9.53 Å². The van der Waals surface area contributed by atoms with Gasteiger partial charge in [0.15, 0.2) is 0 Å². The number of rotatable bonds is 2. The van der Waals surface area contributed by atoms with Crippen LogP contribution >= 0.6 is 24.0 Å². The number of thioether (sulfide) groups is 1. The summed E-state index contributed by atoms with van der Waals surface area (Å²) in [5.74, 6) is 0.628.